The summed E-state index contributed by atoms with van der Waals surface area (Å²) in [5.41, 5.74) is 2.41. The molecule has 0 spiro atoms. The second kappa shape index (κ2) is 11.0. The molecule has 226 valence electrons. The number of aryl methyl sites for hydroxylation is 1. The number of rotatable bonds is 6. The van der Waals surface area contributed by atoms with Crippen molar-refractivity contribution in [1.29, 1.82) is 0 Å². The molecule has 9 nitrogen and oxygen atoms in total. The molecule has 0 unspecified atom stereocenters. The summed E-state index contributed by atoms with van der Waals surface area (Å²) in [6, 6.07) is 33.8. The van der Waals surface area contributed by atoms with Crippen molar-refractivity contribution in [3.8, 4) is 11.4 Å². The quantitative estimate of drug-likeness (QED) is 0.275. The molecule has 0 fully saturated rings. The van der Waals surface area contributed by atoms with E-state index in [4.69, 9.17) is 5.10 Å². The molecule has 4 aromatic carbocycles. The van der Waals surface area contributed by atoms with E-state index in [-0.39, 0.29) is 10.5 Å². The minimum Gasteiger partial charge on any atom is -0.352 e. The lowest BCUT2D eigenvalue weighted by atomic mass is 9.88. The molecule has 2 atom stereocenters. The molecular formula is C35H31N5O4S. The summed E-state index contributed by atoms with van der Waals surface area (Å²) in [5, 5.41) is 4.71. The zero-order chi connectivity index (χ0) is 31.3. The van der Waals surface area contributed by atoms with E-state index >= 15 is 0 Å². The van der Waals surface area contributed by atoms with Crippen molar-refractivity contribution in [3.05, 3.63) is 153 Å². The highest BCUT2D eigenvalue weighted by atomic mass is 32.2. The highest BCUT2D eigenvalue weighted by molar-refractivity contribution is 7.89. The zero-order valence-corrected chi connectivity index (χ0v) is 25.6. The third kappa shape index (κ3) is 4.78. The van der Waals surface area contributed by atoms with E-state index < -0.39 is 33.2 Å². The van der Waals surface area contributed by atoms with Gasteiger partial charge in [0.15, 0.2) is 0 Å². The monoisotopic (exact) mass is 617 g/mol. The van der Waals surface area contributed by atoms with Gasteiger partial charge >= 0.3 is 5.69 Å². The maximum Gasteiger partial charge on any atom is 0.341 e. The third-order valence-corrected chi connectivity index (χ3v) is 10.3. The standard InChI is InChI=1S/C35H31N5O4S/c1-24-18-20-29(21-19-24)45(43,44)40-25(2)30-23-37(22-26-12-6-3-7-13-26)33-31(32(30)36-40)34(41)39(28-16-10-5-11-17-28)35(42)38(33)27-14-8-4-9-15-27/h3-21,25,30H,22-23H2,1-2H3/t25-,30-/m1/s1. The van der Waals surface area contributed by atoms with Gasteiger partial charge in [0, 0.05) is 19.0 Å². The van der Waals surface area contributed by atoms with Gasteiger partial charge in [-0.3, -0.25) is 4.79 Å². The molecule has 0 amide bonds. The van der Waals surface area contributed by atoms with Crippen molar-refractivity contribution in [1.82, 2.24) is 13.5 Å². The minimum atomic E-state index is -4.04. The Bertz CT molecular complexity index is 2140. The predicted octanol–water partition coefficient (Wildman–Crippen LogP) is 4.73. The van der Waals surface area contributed by atoms with E-state index in [0.29, 0.717) is 36.0 Å². The molecule has 2 aliphatic rings. The van der Waals surface area contributed by atoms with Crippen LogP contribution in [0, 0.1) is 12.8 Å². The van der Waals surface area contributed by atoms with Crippen LogP contribution in [0.2, 0.25) is 0 Å². The normalized spacial score (nSPS) is 17.5. The predicted molar refractivity (Wildman–Crippen MR) is 175 cm³/mol. The summed E-state index contributed by atoms with van der Waals surface area (Å²) >= 11 is 0. The fourth-order valence-corrected chi connectivity index (χ4v) is 7.70. The number of para-hydroxylation sites is 2. The van der Waals surface area contributed by atoms with Crippen LogP contribution in [0.3, 0.4) is 0 Å². The van der Waals surface area contributed by atoms with Gasteiger partial charge in [0.2, 0.25) is 0 Å². The molecule has 10 heteroatoms. The zero-order valence-electron chi connectivity index (χ0n) is 24.8. The number of benzene rings is 4. The van der Waals surface area contributed by atoms with Crippen molar-refractivity contribution in [2.24, 2.45) is 11.0 Å². The molecule has 2 aliphatic heterocycles. The molecule has 45 heavy (non-hydrogen) atoms. The summed E-state index contributed by atoms with van der Waals surface area (Å²) in [5.74, 6) is -0.0379. The maximum atomic E-state index is 14.6. The van der Waals surface area contributed by atoms with Gasteiger partial charge in [0.25, 0.3) is 15.6 Å². The number of anilines is 1. The number of fused-ring (bicyclic) bond motifs is 3. The Hall–Kier alpha value is -5.22. The molecule has 0 bridgehead atoms. The van der Waals surface area contributed by atoms with Crippen LogP contribution >= 0.6 is 0 Å². The van der Waals surface area contributed by atoms with Crippen LogP contribution in [0.1, 0.15) is 23.6 Å². The van der Waals surface area contributed by atoms with E-state index in [1.807, 2.05) is 85.5 Å². The highest BCUT2D eigenvalue weighted by Crippen LogP contribution is 2.39. The van der Waals surface area contributed by atoms with Crippen LogP contribution in [0.4, 0.5) is 5.82 Å². The number of hydrogen-bond acceptors (Lipinski definition) is 6. The van der Waals surface area contributed by atoms with Crippen molar-refractivity contribution < 1.29 is 8.42 Å². The van der Waals surface area contributed by atoms with Gasteiger partial charge in [-0.2, -0.15) is 17.9 Å². The Morgan fingerprint density at radius 3 is 1.91 bits per heavy atom. The topological polar surface area (TPSA) is 97.0 Å². The van der Waals surface area contributed by atoms with Gasteiger partial charge in [-0.05, 0) is 55.8 Å². The molecule has 3 heterocycles. The fourth-order valence-electron chi connectivity index (χ4n) is 6.22. The van der Waals surface area contributed by atoms with Gasteiger partial charge in [-0.25, -0.2) is 13.9 Å². The number of nitrogens with zero attached hydrogens (tertiary/aromatic N) is 5. The number of aromatic nitrogens is 2. The first-order valence-electron chi connectivity index (χ1n) is 14.8. The molecule has 7 rings (SSSR count). The second-order valence-electron chi connectivity index (χ2n) is 11.4. The van der Waals surface area contributed by atoms with Crippen LogP contribution in [0.25, 0.3) is 11.4 Å². The first-order chi connectivity index (χ1) is 21.8. The summed E-state index contributed by atoms with van der Waals surface area (Å²) in [7, 11) is -4.04. The minimum absolute atomic E-state index is 0.125. The molecule has 5 aromatic rings. The fraction of sp³-hybridized carbons (Fsp3) is 0.171. The lowest BCUT2D eigenvalue weighted by Crippen LogP contribution is -2.51. The average molecular weight is 618 g/mol. The number of sulfonamides is 1. The molecule has 0 saturated heterocycles. The van der Waals surface area contributed by atoms with Gasteiger partial charge in [-0.15, -0.1) is 0 Å². The Kier molecular flexibility index (Phi) is 7.01. The van der Waals surface area contributed by atoms with Gasteiger partial charge < -0.3 is 4.90 Å². The SMILES string of the molecule is Cc1ccc(S(=O)(=O)N2N=C3c4c(n(-c5ccccc5)c(=O)n(-c5ccccc5)c4=O)N(Cc4ccccc4)C[C@@H]3[C@H]2C)cc1. The van der Waals surface area contributed by atoms with E-state index in [1.54, 1.807) is 53.1 Å². The summed E-state index contributed by atoms with van der Waals surface area (Å²) in [6.07, 6.45) is 0. The van der Waals surface area contributed by atoms with Gasteiger partial charge in [0.1, 0.15) is 11.4 Å². The Morgan fingerprint density at radius 1 is 0.756 bits per heavy atom. The Labute approximate surface area is 261 Å². The van der Waals surface area contributed by atoms with Crippen molar-refractivity contribution in [2.75, 3.05) is 11.4 Å². The first kappa shape index (κ1) is 28.5. The van der Waals surface area contributed by atoms with E-state index in [1.165, 1.54) is 0 Å². The number of hydrogen-bond donors (Lipinski definition) is 0. The van der Waals surface area contributed by atoms with Crippen LogP contribution in [0.5, 0.6) is 0 Å². The average Bonchev–Trinajstić information content (AvgIpc) is 3.39. The molecule has 0 N–H and O–H groups in total. The van der Waals surface area contributed by atoms with Crippen LogP contribution in [-0.2, 0) is 16.6 Å². The Morgan fingerprint density at radius 2 is 1.31 bits per heavy atom. The van der Waals surface area contributed by atoms with Gasteiger partial charge in [-0.1, -0.05) is 84.4 Å². The first-order valence-corrected chi connectivity index (χ1v) is 16.2. The van der Waals surface area contributed by atoms with Crippen molar-refractivity contribution >= 4 is 21.6 Å². The van der Waals surface area contributed by atoms with Crippen LogP contribution < -0.4 is 16.1 Å². The second-order valence-corrected chi connectivity index (χ2v) is 13.2. The van der Waals surface area contributed by atoms with Crippen molar-refractivity contribution in [2.45, 2.75) is 31.3 Å². The van der Waals surface area contributed by atoms with Gasteiger partial charge in [0.05, 0.1) is 28.0 Å². The summed E-state index contributed by atoms with van der Waals surface area (Å²) in [4.78, 5) is 31.1. The molecule has 0 aliphatic carbocycles. The Balaban J connectivity index is 1.52. The van der Waals surface area contributed by atoms with Crippen molar-refractivity contribution in [3.63, 3.8) is 0 Å². The molecular weight excluding hydrogens is 586 g/mol. The van der Waals surface area contributed by atoms with E-state index in [2.05, 4.69) is 0 Å². The largest absolute Gasteiger partial charge is 0.352 e. The molecule has 1 aromatic heterocycles. The summed E-state index contributed by atoms with van der Waals surface area (Å²) in [6.45, 7) is 4.46. The summed E-state index contributed by atoms with van der Waals surface area (Å²) < 4.78 is 31.8. The van der Waals surface area contributed by atoms with Crippen LogP contribution in [0.15, 0.2) is 135 Å². The number of hydrazone groups is 1. The lowest BCUT2D eigenvalue weighted by molar-refractivity contribution is 0.336. The third-order valence-electron chi connectivity index (χ3n) is 8.51. The molecule has 0 saturated carbocycles. The van der Waals surface area contributed by atoms with E-state index in [0.717, 1.165) is 20.1 Å². The molecule has 0 radical (unpaired) electrons. The van der Waals surface area contributed by atoms with Crippen LogP contribution in [-0.4, -0.2) is 40.3 Å². The smallest absolute Gasteiger partial charge is 0.341 e. The lowest BCUT2D eigenvalue weighted by Gasteiger charge is -2.37. The highest BCUT2D eigenvalue weighted by Gasteiger charge is 2.48. The van der Waals surface area contributed by atoms with E-state index in [9.17, 15) is 18.0 Å². The maximum absolute atomic E-state index is 14.6.